The first kappa shape index (κ1) is 31.2. The van der Waals surface area contributed by atoms with Crippen molar-refractivity contribution in [1.82, 2.24) is 0 Å². The molecule has 6 nitrogen and oxygen atoms in total. The van der Waals surface area contributed by atoms with Crippen LogP contribution in [0.1, 0.15) is 50.5 Å². The minimum atomic E-state index is -2.29. The smallest absolute Gasteiger partial charge is 0.193 e. The van der Waals surface area contributed by atoms with Crippen molar-refractivity contribution in [3.63, 3.8) is 0 Å². The molecule has 3 saturated carbocycles. The van der Waals surface area contributed by atoms with Gasteiger partial charge in [0, 0.05) is 37.1 Å². The lowest BCUT2D eigenvalue weighted by molar-refractivity contribution is -0.235. The van der Waals surface area contributed by atoms with Crippen LogP contribution in [0.25, 0.3) is 0 Å². The summed E-state index contributed by atoms with van der Waals surface area (Å²) in [4.78, 5) is 27.9. The third kappa shape index (κ3) is 4.20. The molecule has 2 aromatic rings. The van der Waals surface area contributed by atoms with Gasteiger partial charge in [0.1, 0.15) is 12.8 Å². The van der Waals surface area contributed by atoms with Gasteiger partial charge in [-0.05, 0) is 92.6 Å². The molecule has 2 N–H and O–H groups in total. The van der Waals surface area contributed by atoms with Gasteiger partial charge in [-0.2, -0.15) is 0 Å². The third-order valence-corrected chi connectivity index (χ3v) is 12.9. The standard InChI is InChI=1S/C35H35ClF2O6S/c1-18-12-22(8-9-26(18)36)45-21-6-4-19(5-7-21)31-43-30-15-23-24-14-27(37)25-13-20(40)10-11-32(25,2)34(24,38)28(41)16-33(23,3)35(30,44-31)29(42)17-39/h4-13,23-24,27-28,30-31,39,41H,14-17H2,1-3H3/t23-,24-,27-,28-,30+,31-,32-,33-,34-,35+/m0/s1. The number of Topliss-reactive ketones (excluding diaryl/α,β-unsaturated/α-hetero) is 1. The topological polar surface area (TPSA) is 93.1 Å². The summed E-state index contributed by atoms with van der Waals surface area (Å²) >= 11 is 7.73. The number of aliphatic hydroxyl groups excluding tert-OH is 2. The van der Waals surface area contributed by atoms with Gasteiger partial charge in [0.15, 0.2) is 29.1 Å². The Balaban J connectivity index is 1.20. The molecule has 1 saturated heterocycles. The van der Waals surface area contributed by atoms with Crippen LogP contribution in [0.2, 0.25) is 5.02 Å². The van der Waals surface area contributed by atoms with Crippen molar-refractivity contribution in [3.05, 3.63) is 82.4 Å². The number of aryl methyl sites for hydroxylation is 1. The Labute approximate surface area is 269 Å². The zero-order chi connectivity index (χ0) is 32.1. The number of halogens is 3. The normalized spacial score (nSPS) is 41.6. The van der Waals surface area contributed by atoms with E-state index in [2.05, 4.69) is 0 Å². The average molecular weight is 657 g/mol. The van der Waals surface area contributed by atoms with Crippen LogP contribution in [0.15, 0.2) is 76.1 Å². The second kappa shape index (κ2) is 10.6. The molecule has 10 heteroatoms. The first-order valence-corrected chi connectivity index (χ1v) is 16.5. The van der Waals surface area contributed by atoms with E-state index in [1.807, 2.05) is 49.4 Å². The summed E-state index contributed by atoms with van der Waals surface area (Å²) < 4.78 is 46.3. The summed E-state index contributed by atoms with van der Waals surface area (Å²) in [6, 6.07) is 13.4. The molecule has 0 radical (unpaired) electrons. The van der Waals surface area contributed by atoms with Crippen LogP contribution in [0.3, 0.4) is 0 Å². The Morgan fingerprint density at radius 2 is 1.82 bits per heavy atom. The summed E-state index contributed by atoms with van der Waals surface area (Å²) in [6.07, 6.45) is -1.42. The predicted molar refractivity (Wildman–Crippen MR) is 164 cm³/mol. The third-order valence-electron chi connectivity index (χ3n) is 11.4. The number of fused-ring (bicyclic) bond motifs is 7. The average Bonchev–Trinajstić information content (AvgIpc) is 3.51. The Morgan fingerprint density at radius 1 is 1.11 bits per heavy atom. The van der Waals surface area contributed by atoms with Gasteiger partial charge >= 0.3 is 0 Å². The Kier molecular flexibility index (Phi) is 7.32. The zero-order valence-corrected chi connectivity index (χ0v) is 26.7. The molecule has 10 atom stereocenters. The number of carbonyl (C=O) groups excluding carboxylic acids is 2. The zero-order valence-electron chi connectivity index (χ0n) is 25.1. The molecule has 7 rings (SSSR count). The molecule has 2 aromatic carbocycles. The molecule has 4 aliphatic carbocycles. The summed E-state index contributed by atoms with van der Waals surface area (Å²) in [7, 11) is 0. The molecule has 0 bridgehead atoms. The van der Waals surface area contributed by atoms with Crippen molar-refractivity contribution in [3.8, 4) is 0 Å². The number of allylic oxidation sites excluding steroid dienone is 4. The summed E-state index contributed by atoms with van der Waals surface area (Å²) in [5, 5.41) is 22.5. The second-order valence-electron chi connectivity index (χ2n) is 13.6. The number of alkyl halides is 2. The first-order chi connectivity index (χ1) is 21.3. The Bertz CT molecular complexity index is 1650. The van der Waals surface area contributed by atoms with Gasteiger partial charge in [-0.25, -0.2) is 8.78 Å². The van der Waals surface area contributed by atoms with Crippen molar-refractivity contribution >= 4 is 34.9 Å². The van der Waals surface area contributed by atoms with Gasteiger partial charge in [-0.1, -0.05) is 48.5 Å². The van der Waals surface area contributed by atoms with Crippen molar-refractivity contribution in [2.24, 2.45) is 22.7 Å². The molecule has 4 fully saturated rings. The quantitative estimate of drug-likeness (QED) is 0.383. The van der Waals surface area contributed by atoms with E-state index in [4.69, 9.17) is 21.1 Å². The van der Waals surface area contributed by atoms with Gasteiger partial charge < -0.3 is 19.7 Å². The van der Waals surface area contributed by atoms with Crippen LogP contribution in [0.5, 0.6) is 0 Å². The largest absolute Gasteiger partial charge is 0.390 e. The number of benzene rings is 2. The second-order valence-corrected chi connectivity index (χ2v) is 15.1. The number of rotatable bonds is 5. The van der Waals surface area contributed by atoms with Crippen LogP contribution in [0, 0.1) is 29.6 Å². The SMILES string of the molecule is Cc1cc(Sc2ccc([C@H]3O[C@@H]4C[C@H]5[C@@H]6C[C@H](F)C7=CC(=O)C=C[C@]7(C)[C@@]6(F)[C@@H](O)C[C@]5(C)[C@]4(C(=O)CO)O3)cc2)ccc1Cl. The summed E-state index contributed by atoms with van der Waals surface area (Å²) in [5.41, 5.74) is -4.98. The number of carbonyl (C=O) groups is 2. The number of hydrogen-bond donors (Lipinski definition) is 2. The lowest BCUT2D eigenvalue weighted by Crippen LogP contribution is -2.70. The fourth-order valence-electron chi connectivity index (χ4n) is 9.22. The van der Waals surface area contributed by atoms with E-state index in [1.165, 1.54) is 19.1 Å². The maximum Gasteiger partial charge on any atom is 0.193 e. The number of ketones is 2. The van der Waals surface area contributed by atoms with E-state index in [1.54, 1.807) is 18.7 Å². The predicted octanol–water partition coefficient (Wildman–Crippen LogP) is 6.44. The molecule has 0 unspecified atom stereocenters. The summed E-state index contributed by atoms with van der Waals surface area (Å²) in [5.74, 6) is -2.61. The highest BCUT2D eigenvalue weighted by Gasteiger charge is 2.80. The van der Waals surface area contributed by atoms with E-state index in [0.29, 0.717) is 10.6 Å². The van der Waals surface area contributed by atoms with Gasteiger partial charge in [0.05, 0.1) is 12.2 Å². The van der Waals surface area contributed by atoms with Gasteiger partial charge in [-0.15, -0.1) is 0 Å². The Hall–Kier alpha value is -2.40. The fourth-order valence-corrected chi connectivity index (χ4v) is 10.3. The van der Waals surface area contributed by atoms with Crippen molar-refractivity contribution in [2.75, 3.05) is 6.61 Å². The minimum absolute atomic E-state index is 0.0381. The Morgan fingerprint density at radius 3 is 2.51 bits per heavy atom. The van der Waals surface area contributed by atoms with Crippen LogP contribution >= 0.6 is 23.4 Å². The molecule has 5 aliphatic rings. The molecular weight excluding hydrogens is 622 g/mol. The highest BCUT2D eigenvalue weighted by atomic mass is 35.5. The fraction of sp³-hybridized carbons (Fsp3) is 0.486. The van der Waals surface area contributed by atoms with Crippen molar-refractivity contribution in [1.29, 1.82) is 0 Å². The molecular formula is C35H35ClF2O6S. The van der Waals surface area contributed by atoms with E-state index < -0.39 is 76.8 Å². The lowest BCUT2D eigenvalue weighted by Gasteiger charge is -2.63. The van der Waals surface area contributed by atoms with E-state index in [-0.39, 0.29) is 24.8 Å². The van der Waals surface area contributed by atoms with Gasteiger partial charge in [-0.3, -0.25) is 9.59 Å². The van der Waals surface area contributed by atoms with Crippen LogP contribution < -0.4 is 0 Å². The number of ether oxygens (including phenoxy) is 2. The maximum atomic E-state index is 17.6. The van der Waals surface area contributed by atoms with E-state index in [9.17, 15) is 19.8 Å². The molecule has 0 aromatic heterocycles. The molecule has 238 valence electrons. The van der Waals surface area contributed by atoms with Crippen LogP contribution in [-0.2, 0) is 19.1 Å². The van der Waals surface area contributed by atoms with Gasteiger partial charge in [0.25, 0.3) is 0 Å². The highest BCUT2D eigenvalue weighted by Crippen LogP contribution is 2.72. The van der Waals surface area contributed by atoms with E-state index >= 15 is 8.78 Å². The molecule has 1 heterocycles. The van der Waals surface area contributed by atoms with Crippen molar-refractivity contribution < 1.29 is 38.1 Å². The van der Waals surface area contributed by atoms with Crippen molar-refractivity contribution in [2.45, 2.75) is 85.8 Å². The lowest BCUT2D eigenvalue weighted by atomic mass is 9.44. The maximum absolute atomic E-state index is 17.6. The van der Waals surface area contributed by atoms with Gasteiger partial charge in [0.2, 0.25) is 0 Å². The highest BCUT2D eigenvalue weighted by molar-refractivity contribution is 7.99. The molecule has 1 aliphatic heterocycles. The van der Waals surface area contributed by atoms with Crippen LogP contribution in [-0.4, -0.2) is 58.0 Å². The molecule has 0 amide bonds. The first-order valence-electron chi connectivity index (χ1n) is 15.3. The number of aliphatic hydroxyl groups is 2. The molecule has 0 spiro atoms. The number of hydrogen-bond acceptors (Lipinski definition) is 7. The minimum Gasteiger partial charge on any atom is -0.390 e. The molecule has 45 heavy (non-hydrogen) atoms. The van der Waals surface area contributed by atoms with Crippen LogP contribution in [0.4, 0.5) is 8.78 Å². The monoisotopic (exact) mass is 656 g/mol. The van der Waals surface area contributed by atoms with E-state index in [0.717, 1.165) is 21.4 Å². The summed E-state index contributed by atoms with van der Waals surface area (Å²) in [6.45, 7) is 4.43.